The lowest BCUT2D eigenvalue weighted by Crippen LogP contribution is -2.04. The zero-order valence-corrected chi connectivity index (χ0v) is 11.5. The summed E-state index contributed by atoms with van der Waals surface area (Å²) in [6.45, 7) is 4.67. The van der Waals surface area contributed by atoms with E-state index < -0.39 is 0 Å². The van der Waals surface area contributed by atoms with Gasteiger partial charge in [-0.1, -0.05) is 17.7 Å². The average molecular weight is 279 g/mol. The van der Waals surface area contributed by atoms with Gasteiger partial charge in [0.1, 0.15) is 11.6 Å². The third-order valence-electron chi connectivity index (χ3n) is 2.38. The summed E-state index contributed by atoms with van der Waals surface area (Å²) in [4.78, 5) is 8.08. The fourth-order valence-electron chi connectivity index (χ4n) is 1.57. The fourth-order valence-corrected chi connectivity index (χ4v) is 1.72. The van der Waals surface area contributed by atoms with E-state index in [1.54, 1.807) is 12.1 Å². The third kappa shape index (κ3) is 3.48. The molecule has 0 aliphatic heterocycles. The average Bonchev–Trinajstić information content (AvgIpc) is 2.33. The maximum atomic E-state index is 6.07. The number of aromatic nitrogens is 2. The summed E-state index contributed by atoms with van der Waals surface area (Å²) in [6.07, 6.45) is 0. The summed E-state index contributed by atoms with van der Waals surface area (Å²) >= 11 is 6.07. The molecular formula is C13H15ClN4O. The van der Waals surface area contributed by atoms with Gasteiger partial charge in [-0.3, -0.25) is 0 Å². The number of nitrogens with one attached hydrogen (secondary N) is 1. The molecule has 5 nitrogen and oxygen atoms in total. The number of benzene rings is 1. The molecule has 0 aliphatic rings. The van der Waals surface area contributed by atoms with E-state index in [0.717, 1.165) is 12.1 Å². The first-order valence-corrected chi connectivity index (χ1v) is 6.28. The van der Waals surface area contributed by atoms with Crippen molar-refractivity contribution < 1.29 is 4.74 Å². The van der Waals surface area contributed by atoms with Crippen molar-refractivity contribution in [2.24, 2.45) is 0 Å². The molecule has 100 valence electrons. The van der Waals surface area contributed by atoms with Crippen molar-refractivity contribution in [3.05, 3.63) is 34.9 Å². The molecule has 0 aliphatic carbocycles. The van der Waals surface area contributed by atoms with Crippen LogP contribution in [0.25, 0.3) is 0 Å². The van der Waals surface area contributed by atoms with Gasteiger partial charge in [0.2, 0.25) is 11.8 Å². The standard InChI is InChI=1S/C13H15ClN4O/c1-3-16-11-7-12(18-13(15)17-11)19-10-6-8(2)4-5-9(10)14/h4-7H,3H2,1-2H3,(H3,15,16,17,18). The first kappa shape index (κ1) is 13.4. The maximum absolute atomic E-state index is 6.07. The number of nitrogens with two attached hydrogens (primary N) is 1. The molecule has 0 saturated carbocycles. The van der Waals surface area contributed by atoms with Crippen LogP contribution in [-0.2, 0) is 0 Å². The molecule has 19 heavy (non-hydrogen) atoms. The molecule has 3 N–H and O–H groups in total. The molecule has 0 radical (unpaired) electrons. The van der Waals surface area contributed by atoms with Crippen molar-refractivity contribution in [3.8, 4) is 11.6 Å². The minimum Gasteiger partial charge on any atom is -0.437 e. The lowest BCUT2D eigenvalue weighted by Gasteiger charge is -2.09. The largest absolute Gasteiger partial charge is 0.437 e. The number of halogens is 1. The van der Waals surface area contributed by atoms with E-state index in [2.05, 4.69) is 15.3 Å². The van der Waals surface area contributed by atoms with E-state index in [-0.39, 0.29) is 5.95 Å². The molecule has 0 unspecified atom stereocenters. The predicted molar refractivity (Wildman–Crippen MR) is 76.9 cm³/mol. The highest BCUT2D eigenvalue weighted by Gasteiger charge is 2.07. The molecule has 2 rings (SSSR count). The van der Waals surface area contributed by atoms with E-state index in [1.807, 2.05) is 26.0 Å². The minimum absolute atomic E-state index is 0.150. The number of hydrogen-bond acceptors (Lipinski definition) is 5. The summed E-state index contributed by atoms with van der Waals surface area (Å²) in [6, 6.07) is 7.21. The Hall–Kier alpha value is -2.01. The number of aryl methyl sites for hydroxylation is 1. The van der Waals surface area contributed by atoms with Crippen LogP contribution in [0.3, 0.4) is 0 Å². The smallest absolute Gasteiger partial charge is 0.226 e. The summed E-state index contributed by atoms with van der Waals surface area (Å²) in [5.74, 6) is 1.67. The first-order chi connectivity index (χ1) is 9.08. The molecule has 1 aromatic heterocycles. The zero-order valence-electron chi connectivity index (χ0n) is 10.8. The zero-order chi connectivity index (χ0) is 13.8. The topological polar surface area (TPSA) is 73.1 Å². The molecule has 0 bridgehead atoms. The van der Waals surface area contributed by atoms with Crippen LogP contribution in [0.15, 0.2) is 24.3 Å². The van der Waals surface area contributed by atoms with E-state index in [1.165, 1.54) is 0 Å². The Morgan fingerprint density at radius 2 is 2.11 bits per heavy atom. The quantitative estimate of drug-likeness (QED) is 0.898. The van der Waals surface area contributed by atoms with E-state index in [4.69, 9.17) is 22.1 Å². The highest BCUT2D eigenvalue weighted by molar-refractivity contribution is 6.32. The van der Waals surface area contributed by atoms with Crippen LogP contribution in [0.2, 0.25) is 5.02 Å². The van der Waals surface area contributed by atoms with Gasteiger partial charge in [0.25, 0.3) is 0 Å². The second-order valence-corrected chi connectivity index (χ2v) is 4.42. The van der Waals surface area contributed by atoms with Crippen LogP contribution >= 0.6 is 11.6 Å². The van der Waals surface area contributed by atoms with Crippen molar-refractivity contribution in [3.63, 3.8) is 0 Å². The van der Waals surface area contributed by atoms with Gasteiger partial charge in [-0.25, -0.2) is 0 Å². The van der Waals surface area contributed by atoms with Crippen molar-refractivity contribution in [2.45, 2.75) is 13.8 Å². The molecule has 0 atom stereocenters. The molecule has 0 amide bonds. The van der Waals surface area contributed by atoms with Crippen LogP contribution in [0.4, 0.5) is 11.8 Å². The fraction of sp³-hybridized carbons (Fsp3) is 0.231. The van der Waals surface area contributed by atoms with Gasteiger partial charge in [0.05, 0.1) is 5.02 Å². The Bertz CT molecular complexity index is 589. The van der Waals surface area contributed by atoms with Gasteiger partial charge < -0.3 is 15.8 Å². The summed E-state index contributed by atoms with van der Waals surface area (Å²) in [7, 11) is 0. The van der Waals surface area contributed by atoms with E-state index in [9.17, 15) is 0 Å². The third-order valence-corrected chi connectivity index (χ3v) is 2.69. The number of rotatable bonds is 4. The maximum Gasteiger partial charge on any atom is 0.226 e. The Kier molecular flexibility index (Phi) is 4.06. The second kappa shape index (κ2) is 5.75. The van der Waals surface area contributed by atoms with Gasteiger partial charge in [0.15, 0.2) is 0 Å². The predicted octanol–water partition coefficient (Wildman–Crippen LogP) is 3.24. The molecule has 0 spiro atoms. The Labute approximate surface area is 116 Å². The highest BCUT2D eigenvalue weighted by atomic mass is 35.5. The number of anilines is 2. The molecule has 1 aromatic carbocycles. The summed E-state index contributed by atoms with van der Waals surface area (Å²) < 4.78 is 5.65. The Balaban J connectivity index is 2.29. The highest BCUT2D eigenvalue weighted by Crippen LogP contribution is 2.30. The van der Waals surface area contributed by atoms with Crippen molar-refractivity contribution in [2.75, 3.05) is 17.6 Å². The number of nitrogen functional groups attached to an aromatic ring is 1. The normalized spacial score (nSPS) is 10.3. The van der Waals surface area contributed by atoms with Gasteiger partial charge in [-0.2, -0.15) is 9.97 Å². The number of nitrogens with zero attached hydrogens (tertiary/aromatic N) is 2. The first-order valence-electron chi connectivity index (χ1n) is 5.91. The second-order valence-electron chi connectivity index (χ2n) is 4.02. The van der Waals surface area contributed by atoms with Crippen molar-refractivity contribution >= 4 is 23.4 Å². The molecule has 0 saturated heterocycles. The molecule has 2 aromatic rings. The van der Waals surface area contributed by atoms with Gasteiger partial charge in [0, 0.05) is 12.6 Å². The van der Waals surface area contributed by atoms with Crippen molar-refractivity contribution in [1.29, 1.82) is 0 Å². The molecule has 0 fully saturated rings. The van der Waals surface area contributed by atoms with Gasteiger partial charge in [-0.15, -0.1) is 0 Å². The van der Waals surface area contributed by atoms with Crippen LogP contribution < -0.4 is 15.8 Å². The van der Waals surface area contributed by atoms with Gasteiger partial charge in [-0.05, 0) is 31.5 Å². The SMILES string of the molecule is CCNc1cc(Oc2cc(C)ccc2Cl)nc(N)n1. The Morgan fingerprint density at radius 1 is 1.32 bits per heavy atom. The van der Waals surface area contributed by atoms with Crippen LogP contribution in [0.5, 0.6) is 11.6 Å². The summed E-state index contributed by atoms with van der Waals surface area (Å²) in [5.41, 5.74) is 6.69. The lowest BCUT2D eigenvalue weighted by molar-refractivity contribution is 0.463. The Morgan fingerprint density at radius 3 is 2.84 bits per heavy atom. The molecule has 1 heterocycles. The molecule has 6 heteroatoms. The number of hydrogen-bond donors (Lipinski definition) is 2. The van der Waals surface area contributed by atoms with E-state index >= 15 is 0 Å². The molecular weight excluding hydrogens is 264 g/mol. The summed E-state index contributed by atoms with van der Waals surface area (Å²) in [5, 5.41) is 3.58. The monoisotopic (exact) mass is 278 g/mol. The lowest BCUT2D eigenvalue weighted by atomic mass is 10.2. The van der Waals surface area contributed by atoms with E-state index in [0.29, 0.717) is 22.5 Å². The number of ether oxygens (including phenoxy) is 1. The van der Waals surface area contributed by atoms with Crippen molar-refractivity contribution in [1.82, 2.24) is 9.97 Å². The minimum atomic E-state index is 0.150. The van der Waals surface area contributed by atoms with Crippen LogP contribution in [0, 0.1) is 6.92 Å². The van der Waals surface area contributed by atoms with Crippen LogP contribution in [0.1, 0.15) is 12.5 Å². The van der Waals surface area contributed by atoms with Gasteiger partial charge >= 0.3 is 0 Å². The van der Waals surface area contributed by atoms with Crippen LogP contribution in [-0.4, -0.2) is 16.5 Å².